The number of sulfonamides is 1. The summed E-state index contributed by atoms with van der Waals surface area (Å²) < 4.78 is 31.3. The number of ether oxygens (including phenoxy) is 1. The van der Waals surface area contributed by atoms with Crippen LogP contribution in [0.2, 0.25) is 0 Å². The summed E-state index contributed by atoms with van der Waals surface area (Å²) in [6.45, 7) is 2.34. The van der Waals surface area contributed by atoms with Crippen LogP contribution in [-0.4, -0.2) is 47.0 Å². The first-order chi connectivity index (χ1) is 7.17. The number of rotatable bonds is 6. The van der Waals surface area contributed by atoms with Crippen LogP contribution in [0.3, 0.4) is 0 Å². The standard InChI is InChI=1S/C9H20N2O3S.ClH/c1-10-5-3-6-11-15(12,13)9-4-2-7-14-8-9;/h9-11H,2-8H2,1H3;1H. The van der Waals surface area contributed by atoms with Gasteiger partial charge in [-0.2, -0.15) is 0 Å². The lowest BCUT2D eigenvalue weighted by Gasteiger charge is -2.22. The monoisotopic (exact) mass is 272 g/mol. The van der Waals surface area contributed by atoms with Gasteiger partial charge < -0.3 is 10.1 Å². The smallest absolute Gasteiger partial charge is 0.216 e. The molecule has 7 heteroatoms. The molecule has 0 spiro atoms. The third kappa shape index (κ3) is 5.45. The second kappa shape index (κ2) is 8.25. The maximum Gasteiger partial charge on any atom is 0.216 e. The van der Waals surface area contributed by atoms with Crippen molar-refractivity contribution in [1.82, 2.24) is 10.0 Å². The molecular formula is C9H21ClN2O3S. The molecule has 1 fully saturated rings. The van der Waals surface area contributed by atoms with Crippen molar-refractivity contribution in [3.05, 3.63) is 0 Å². The van der Waals surface area contributed by atoms with E-state index in [1.54, 1.807) is 0 Å². The van der Waals surface area contributed by atoms with Crippen LogP contribution in [0, 0.1) is 0 Å². The van der Waals surface area contributed by atoms with Gasteiger partial charge in [0.1, 0.15) is 0 Å². The number of nitrogens with one attached hydrogen (secondary N) is 2. The molecule has 1 rings (SSSR count). The van der Waals surface area contributed by atoms with Gasteiger partial charge in [-0.25, -0.2) is 13.1 Å². The largest absolute Gasteiger partial charge is 0.380 e. The molecule has 0 saturated carbocycles. The molecule has 2 N–H and O–H groups in total. The van der Waals surface area contributed by atoms with Crippen molar-refractivity contribution >= 4 is 22.4 Å². The van der Waals surface area contributed by atoms with Gasteiger partial charge in [-0.05, 0) is 32.9 Å². The van der Waals surface area contributed by atoms with Crippen LogP contribution in [0.4, 0.5) is 0 Å². The van der Waals surface area contributed by atoms with Gasteiger partial charge in [-0.3, -0.25) is 0 Å². The third-order valence-electron chi connectivity index (χ3n) is 2.46. The van der Waals surface area contributed by atoms with Gasteiger partial charge in [-0.15, -0.1) is 12.4 Å². The molecule has 0 aromatic rings. The Morgan fingerprint density at radius 3 is 2.69 bits per heavy atom. The number of hydrogen-bond acceptors (Lipinski definition) is 4. The highest BCUT2D eigenvalue weighted by atomic mass is 35.5. The quantitative estimate of drug-likeness (QED) is 0.674. The summed E-state index contributed by atoms with van der Waals surface area (Å²) in [5.41, 5.74) is 0. The molecule has 98 valence electrons. The van der Waals surface area contributed by atoms with Crippen LogP contribution < -0.4 is 10.0 Å². The van der Waals surface area contributed by atoms with E-state index in [9.17, 15) is 8.42 Å². The summed E-state index contributed by atoms with van der Waals surface area (Å²) in [4.78, 5) is 0. The van der Waals surface area contributed by atoms with E-state index in [4.69, 9.17) is 4.74 Å². The summed E-state index contributed by atoms with van der Waals surface area (Å²) in [7, 11) is -1.32. The Hall–Kier alpha value is 0.120. The van der Waals surface area contributed by atoms with E-state index < -0.39 is 10.0 Å². The van der Waals surface area contributed by atoms with E-state index in [-0.39, 0.29) is 17.7 Å². The minimum absolute atomic E-state index is 0. The molecule has 5 nitrogen and oxygen atoms in total. The minimum Gasteiger partial charge on any atom is -0.380 e. The molecule has 0 bridgehead atoms. The van der Waals surface area contributed by atoms with Gasteiger partial charge in [-0.1, -0.05) is 0 Å². The van der Waals surface area contributed by atoms with Crippen LogP contribution in [0.5, 0.6) is 0 Å². The van der Waals surface area contributed by atoms with Crippen molar-refractivity contribution in [2.45, 2.75) is 24.5 Å². The van der Waals surface area contributed by atoms with Crippen molar-refractivity contribution in [3.63, 3.8) is 0 Å². The molecule has 0 aliphatic carbocycles. The third-order valence-corrected chi connectivity index (χ3v) is 4.32. The summed E-state index contributed by atoms with van der Waals surface area (Å²) >= 11 is 0. The van der Waals surface area contributed by atoms with Crippen LogP contribution in [-0.2, 0) is 14.8 Å². The lowest BCUT2D eigenvalue weighted by molar-refractivity contribution is 0.0988. The number of hydrogen-bond donors (Lipinski definition) is 2. The first-order valence-electron chi connectivity index (χ1n) is 5.37. The fraction of sp³-hybridized carbons (Fsp3) is 1.00. The van der Waals surface area contributed by atoms with Crippen LogP contribution in [0.1, 0.15) is 19.3 Å². The Morgan fingerprint density at radius 1 is 1.38 bits per heavy atom. The molecule has 16 heavy (non-hydrogen) atoms. The van der Waals surface area contributed by atoms with Crippen molar-refractivity contribution in [1.29, 1.82) is 0 Å². The zero-order chi connectivity index (χ0) is 11.1. The second-order valence-corrected chi connectivity index (χ2v) is 5.78. The lowest BCUT2D eigenvalue weighted by atomic mass is 10.2. The normalized spacial score (nSPS) is 21.4. The topological polar surface area (TPSA) is 67.4 Å². The van der Waals surface area contributed by atoms with Crippen LogP contribution in [0.15, 0.2) is 0 Å². The van der Waals surface area contributed by atoms with E-state index in [1.165, 1.54) is 0 Å². The molecule has 1 heterocycles. The fourth-order valence-corrected chi connectivity index (χ4v) is 2.97. The van der Waals surface area contributed by atoms with Gasteiger partial charge in [0.15, 0.2) is 0 Å². The van der Waals surface area contributed by atoms with Crippen LogP contribution >= 0.6 is 12.4 Å². The Bertz CT molecular complexity index is 266. The fourth-order valence-electron chi connectivity index (χ4n) is 1.55. The molecule has 1 aliphatic heterocycles. The van der Waals surface area contributed by atoms with E-state index in [2.05, 4.69) is 10.0 Å². The Morgan fingerprint density at radius 2 is 2.12 bits per heavy atom. The zero-order valence-corrected chi connectivity index (χ0v) is 11.2. The summed E-state index contributed by atoms with van der Waals surface area (Å²) in [5, 5.41) is 2.61. The van der Waals surface area contributed by atoms with E-state index >= 15 is 0 Å². The second-order valence-electron chi connectivity index (χ2n) is 3.74. The lowest BCUT2D eigenvalue weighted by Crippen LogP contribution is -2.40. The molecule has 1 aliphatic rings. The SMILES string of the molecule is CNCCCNS(=O)(=O)C1CCCOC1.Cl. The summed E-state index contributed by atoms with van der Waals surface area (Å²) in [6, 6.07) is 0. The summed E-state index contributed by atoms with van der Waals surface area (Å²) in [6.07, 6.45) is 2.35. The van der Waals surface area contributed by atoms with Gasteiger partial charge in [0.25, 0.3) is 0 Å². The summed E-state index contributed by atoms with van der Waals surface area (Å²) in [5.74, 6) is 0. The highest BCUT2D eigenvalue weighted by molar-refractivity contribution is 7.90. The predicted molar refractivity (Wildman–Crippen MR) is 66.6 cm³/mol. The highest BCUT2D eigenvalue weighted by Crippen LogP contribution is 2.13. The predicted octanol–water partition coefficient (Wildman–Crippen LogP) is 0.116. The Balaban J connectivity index is 0.00000225. The number of halogens is 1. The maximum absolute atomic E-state index is 11.7. The molecule has 0 aromatic carbocycles. The van der Waals surface area contributed by atoms with E-state index in [1.807, 2.05) is 7.05 Å². The average molecular weight is 273 g/mol. The van der Waals surface area contributed by atoms with Crippen molar-refractivity contribution in [3.8, 4) is 0 Å². The molecule has 1 atom stereocenters. The first kappa shape index (κ1) is 16.1. The Kier molecular flexibility index (Phi) is 8.31. The molecule has 0 amide bonds. The molecular weight excluding hydrogens is 252 g/mol. The molecule has 0 radical (unpaired) electrons. The molecule has 1 saturated heterocycles. The van der Waals surface area contributed by atoms with Gasteiger partial charge in [0.2, 0.25) is 10.0 Å². The van der Waals surface area contributed by atoms with Crippen LogP contribution in [0.25, 0.3) is 0 Å². The van der Waals surface area contributed by atoms with Crippen molar-refractivity contribution in [2.24, 2.45) is 0 Å². The van der Waals surface area contributed by atoms with Gasteiger partial charge in [0, 0.05) is 13.2 Å². The van der Waals surface area contributed by atoms with E-state index in [0.29, 0.717) is 26.2 Å². The van der Waals surface area contributed by atoms with E-state index in [0.717, 1.165) is 19.4 Å². The highest BCUT2D eigenvalue weighted by Gasteiger charge is 2.27. The Labute approximate surface area is 104 Å². The average Bonchev–Trinajstić information content (AvgIpc) is 2.26. The van der Waals surface area contributed by atoms with Crippen molar-refractivity contribution in [2.75, 3.05) is 33.4 Å². The van der Waals surface area contributed by atoms with Gasteiger partial charge >= 0.3 is 0 Å². The molecule has 0 aromatic heterocycles. The van der Waals surface area contributed by atoms with Gasteiger partial charge in [0.05, 0.1) is 11.9 Å². The minimum atomic E-state index is -3.17. The maximum atomic E-state index is 11.7. The zero-order valence-electron chi connectivity index (χ0n) is 9.57. The molecule has 1 unspecified atom stereocenters. The van der Waals surface area contributed by atoms with Crippen molar-refractivity contribution < 1.29 is 13.2 Å². The first-order valence-corrected chi connectivity index (χ1v) is 6.92.